The first-order valence-electron chi connectivity index (χ1n) is 5.26. The molecule has 0 unspecified atom stereocenters. The van der Waals surface area contributed by atoms with Gasteiger partial charge in [0.05, 0.1) is 5.56 Å². The van der Waals surface area contributed by atoms with Crippen LogP contribution in [0.5, 0.6) is 0 Å². The van der Waals surface area contributed by atoms with Crippen LogP contribution in [0.25, 0.3) is 0 Å². The van der Waals surface area contributed by atoms with Gasteiger partial charge in [-0.15, -0.1) is 11.6 Å². The highest BCUT2D eigenvalue weighted by molar-refractivity contribution is 6.17. The van der Waals surface area contributed by atoms with Crippen LogP contribution in [0.3, 0.4) is 0 Å². The first-order valence-corrected chi connectivity index (χ1v) is 5.79. The zero-order valence-electron chi connectivity index (χ0n) is 9.49. The predicted octanol–water partition coefficient (Wildman–Crippen LogP) is 5.13. The lowest BCUT2D eigenvalue weighted by molar-refractivity contribution is -0.137. The molecule has 0 saturated heterocycles. The van der Waals surface area contributed by atoms with Gasteiger partial charge in [-0.1, -0.05) is 60.7 Å². The molecule has 0 radical (unpaired) electrons. The lowest BCUT2D eigenvalue weighted by Gasteiger charge is -2.03. The summed E-state index contributed by atoms with van der Waals surface area (Å²) in [6.07, 6.45) is -4.21. The first kappa shape index (κ1) is 14.6. The summed E-state index contributed by atoms with van der Waals surface area (Å²) < 4.78 is 35.4. The normalized spacial score (nSPS) is 10.4. The van der Waals surface area contributed by atoms with Gasteiger partial charge in [-0.25, -0.2) is 0 Å². The van der Waals surface area contributed by atoms with Crippen LogP contribution in [0, 0.1) is 0 Å². The molecule has 0 aliphatic carbocycles. The Hall–Kier alpha value is -1.48. The minimum Gasteiger partial charge on any atom is -0.166 e. The van der Waals surface area contributed by atoms with Gasteiger partial charge in [-0.3, -0.25) is 0 Å². The first-order chi connectivity index (χ1) is 8.54. The van der Waals surface area contributed by atoms with Crippen LogP contribution in [0.1, 0.15) is 11.1 Å². The van der Waals surface area contributed by atoms with Gasteiger partial charge in [0, 0.05) is 5.88 Å². The van der Waals surface area contributed by atoms with Crippen LogP contribution >= 0.6 is 11.6 Å². The van der Waals surface area contributed by atoms with E-state index >= 15 is 0 Å². The van der Waals surface area contributed by atoms with Crippen LogP contribution in [-0.2, 0) is 12.1 Å². The highest BCUT2D eigenvalue weighted by Gasteiger charge is 2.29. The molecule has 0 bridgehead atoms. The Morgan fingerprint density at radius 1 is 0.778 bits per heavy atom. The van der Waals surface area contributed by atoms with Crippen LogP contribution in [-0.4, -0.2) is 0 Å². The highest BCUT2D eigenvalue weighted by atomic mass is 35.5. The van der Waals surface area contributed by atoms with Gasteiger partial charge < -0.3 is 0 Å². The lowest BCUT2D eigenvalue weighted by atomic mass is 10.2. The average Bonchev–Trinajstić information content (AvgIpc) is 2.40. The molecule has 0 heterocycles. The molecule has 0 fully saturated rings. The SMILES string of the molecule is ClCc1ccccc1.FC(F)(F)c1ccccc1. The monoisotopic (exact) mass is 272 g/mol. The number of benzene rings is 2. The standard InChI is InChI=1S/C7H7Cl.C7H5F3/c8-6-7-4-2-1-3-5-7;8-7(9,10)6-4-2-1-3-5-6/h1-5H,6H2;1-5H. The molecule has 0 amide bonds. The minimum atomic E-state index is -4.21. The van der Waals surface area contributed by atoms with Gasteiger partial charge in [0.2, 0.25) is 0 Å². The quantitative estimate of drug-likeness (QED) is 0.631. The fourth-order valence-corrected chi connectivity index (χ4v) is 1.37. The van der Waals surface area contributed by atoms with Crippen molar-refractivity contribution in [3.63, 3.8) is 0 Å². The third-order valence-electron chi connectivity index (χ3n) is 2.10. The van der Waals surface area contributed by atoms with Gasteiger partial charge in [-0.2, -0.15) is 13.2 Å². The zero-order valence-corrected chi connectivity index (χ0v) is 10.2. The Bertz CT molecular complexity index is 438. The van der Waals surface area contributed by atoms with E-state index in [-0.39, 0.29) is 0 Å². The maximum atomic E-state index is 11.8. The van der Waals surface area contributed by atoms with Crippen molar-refractivity contribution in [1.29, 1.82) is 0 Å². The third kappa shape index (κ3) is 5.23. The lowest BCUT2D eigenvalue weighted by Crippen LogP contribution is -2.03. The second kappa shape index (κ2) is 7.07. The highest BCUT2D eigenvalue weighted by Crippen LogP contribution is 2.28. The van der Waals surface area contributed by atoms with E-state index in [1.807, 2.05) is 30.3 Å². The molecule has 0 aliphatic heterocycles. The largest absolute Gasteiger partial charge is 0.416 e. The van der Waals surface area contributed by atoms with Crippen molar-refractivity contribution in [2.75, 3.05) is 0 Å². The second-order valence-corrected chi connectivity index (χ2v) is 3.75. The summed E-state index contributed by atoms with van der Waals surface area (Å²) in [7, 11) is 0. The third-order valence-corrected chi connectivity index (χ3v) is 2.41. The minimum absolute atomic E-state index is 0.602. The van der Waals surface area contributed by atoms with Gasteiger partial charge in [0.1, 0.15) is 0 Å². The van der Waals surface area contributed by atoms with E-state index in [0.29, 0.717) is 5.88 Å². The topological polar surface area (TPSA) is 0 Å². The molecule has 18 heavy (non-hydrogen) atoms. The number of rotatable bonds is 1. The van der Waals surface area contributed by atoms with Crippen molar-refractivity contribution in [3.8, 4) is 0 Å². The predicted molar refractivity (Wildman–Crippen MR) is 67.4 cm³/mol. The molecule has 0 atom stereocenters. The Morgan fingerprint density at radius 3 is 1.50 bits per heavy atom. The molecular formula is C14H12ClF3. The molecule has 2 aromatic carbocycles. The molecule has 0 N–H and O–H groups in total. The molecule has 96 valence electrons. The van der Waals surface area contributed by atoms with Crippen molar-refractivity contribution < 1.29 is 13.2 Å². The average molecular weight is 273 g/mol. The summed E-state index contributed by atoms with van der Waals surface area (Å²) in [4.78, 5) is 0. The van der Waals surface area contributed by atoms with Gasteiger partial charge in [-0.05, 0) is 5.56 Å². The second-order valence-electron chi connectivity index (χ2n) is 3.48. The Kier molecular flexibility index (Phi) is 5.72. The molecule has 0 saturated carbocycles. The van der Waals surface area contributed by atoms with Crippen molar-refractivity contribution in [2.24, 2.45) is 0 Å². The molecule has 0 aromatic heterocycles. The van der Waals surface area contributed by atoms with E-state index in [0.717, 1.165) is 12.1 Å². The molecule has 4 heteroatoms. The maximum absolute atomic E-state index is 11.8. The fraction of sp³-hybridized carbons (Fsp3) is 0.143. The molecule has 2 aromatic rings. The summed E-state index contributed by atoms with van der Waals surface area (Å²) >= 11 is 5.53. The van der Waals surface area contributed by atoms with Gasteiger partial charge in [0.15, 0.2) is 0 Å². The van der Waals surface area contributed by atoms with Crippen molar-refractivity contribution in [1.82, 2.24) is 0 Å². The summed E-state index contributed by atoms with van der Waals surface area (Å²) in [5, 5.41) is 0. The van der Waals surface area contributed by atoms with Crippen LogP contribution < -0.4 is 0 Å². The van der Waals surface area contributed by atoms with Gasteiger partial charge in [0.25, 0.3) is 0 Å². The van der Waals surface area contributed by atoms with Crippen LogP contribution in [0.15, 0.2) is 60.7 Å². The van der Waals surface area contributed by atoms with E-state index < -0.39 is 11.7 Å². The fourth-order valence-electron chi connectivity index (χ4n) is 1.19. The molecule has 0 nitrogen and oxygen atoms in total. The zero-order chi connectivity index (χ0) is 13.4. The molecule has 0 aliphatic rings. The van der Waals surface area contributed by atoms with E-state index in [1.165, 1.54) is 17.7 Å². The van der Waals surface area contributed by atoms with Crippen LogP contribution in [0.2, 0.25) is 0 Å². The van der Waals surface area contributed by atoms with Gasteiger partial charge >= 0.3 is 6.18 Å². The smallest absolute Gasteiger partial charge is 0.166 e. The maximum Gasteiger partial charge on any atom is 0.416 e. The van der Waals surface area contributed by atoms with E-state index in [4.69, 9.17) is 11.6 Å². The summed E-state index contributed by atoms with van der Waals surface area (Å²) in [5.41, 5.74) is 0.573. The Balaban J connectivity index is 0.000000184. The van der Waals surface area contributed by atoms with Crippen molar-refractivity contribution >= 4 is 11.6 Å². The molecule has 2 rings (SSSR count). The number of alkyl halides is 4. The summed E-state index contributed by atoms with van der Waals surface area (Å²) in [6.45, 7) is 0. The van der Waals surface area contributed by atoms with E-state index in [2.05, 4.69) is 0 Å². The molecule has 0 spiro atoms. The summed E-state index contributed by atoms with van der Waals surface area (Å²) in [6, 6.07) is 16.3. The van der Waals surface area contributed by atoms with Crippen LogP contribution in [0.4, 0.5) is 13.2 Å². The Labute approximate surface area is 109 Å². The molecular weight excluding hydrogens is 261 g/mol. The summed E-state index contributed by atoms with van der Waals surface area (Å²) in [5.74, 6) is 0.612. The van der Waals surface area contributed by atoms with E-state index in [1.54, 1.807) is 6.07 Å². The number of hydrogen-bond acceptors (Lipinski definition) is 0. The van der Waals surface area contributed by atoms with Crippen molar-refractivity contribution in [3.05, 3.63) is 71.8 Å². The number of halogens is 4. The van der Waals surface area contributed by atoms with E-state index in [9.17, 15) is 13.2 Å². The number of hydrogen-bond donors (Lipinski definition) is 0. The van der Waals surface area contributed by atoms with Crippen molar-refractivity contribution in [2.45, 2.75) is 12.1 Å². The Morgan fingerprint density at radius 2 is 1.22 bits per heavy atom.